The van der Waals surface area contributed by atoms with Crippen molar-refractivity contribution in [1.29, 1.82) is 0 Å². The molecule has 18 nitrogen and oxygen atoms in total. The predicted octanol–water partition coefficient (Wildman–Crippen LogP) is -0.409. The third kappa shape index (κ3) is 7.55. The van der Waals surface area contributed by atoms with Gasteiger partial charge in [-0.15, -0.1) is 0 Å². The van der Waals surface area contributed by atoms with Gasteiger partial charge < -0.3 is 79.5 Å². The number of fused-ring (bicyclic) bond motifs is 1. The van der Waals surface area contributed by atoms with Gasteiger partial charge in [0.2, 0.25) is 0 Å². The van der Waals surface area contributed by atoms with Gasteiger partial charge in [-0.2, -0.15) is 0 Å². The molecule has 2 aliphatic rings. The van der Waals surface area contributed by atoms with Crippen molar-refractivity contribution in [3.8, 4) is 40.1 Å². The van der Waals surface area contributed by atoms with Gasteiger partial charge in [-0.05, 0) is 42.0 Å². The van der Waals surface area contributed by atoms with Gasteiger partial charge in [0, 0.05) is 23.8 Å². The normalized spacial score (nSPS) is 28.7. The molecule has 2 fully saturated rings. The van der Waals surface area contributed by atoms with E-state index in [1.54, 1.807) is 0 Å². The molecule has 288 valence electrons. The lowest BCUT2D eigenvalue weighted by molar-refractivity contribution is -0.342. The molecule has 0 bridgehead atoms. The summed E-state index contributed by atoms with van der Waals surface area (Å²) < 4.78 is 28.0. The number of hydrogen-bond acceptors (Lipinski definition) is 18. The zero-order valence-electron chi connectivity index (χ0n) is 27.8. The first kappa shape index (κ1) is 38.4. The second-order valence-corrected chi connectivity index (χ2v) is 12.6. The number of carbonyl (C=O) groups is 1. The fourth-order valence-electron chi connectivity index (χ4n) is 6.16. The van der Waals surface area contributed by atoms with Crippen molar-refractivity contribution in [1.82, 2.24) is 0 Å². The minimum Gasteiger partial charge on any atom is -0.508 e. The van der Waals surface area contributed by atoms with Gasteiger partial charge in [-0.1, -0.05) is 12.1 Å². The average Bonchev–Trinajstić information content (AvgIpc) is 3.14. The van der Waals surface area contributed by atoms with E-state index in [0.29, 0.717) is 5.56 Å². The fraction of sp³-hybridized carbons (Fsp3) is 0.333. The quantitative estimate of drug-likeness (QED) is 0.0588. The molecule has 54 heavy (non-hydrogen) atoms. The van der Waals surface area contributed by atoms with Crippen LogP contribution >= 0.6 is 0 Å². The molecule has 0 saturated carbocycles. The van der Waals surface area contributed by atoms with Crippen LogP contribution in [-0.2, 0) is 23.7 Å². The van der Waals surface area contributed by atoms with Gasteiger partial charge in [0.25, 0.3) is 0 Å². The molecule has 10 atom stereocenters. The summed E-state index contributed by atoms with van der Waals surface area (Å²) in [5, 5.41) is 115. The van der Waals surface area contributed by atoms with Crippen molar-refractivity contribution in [2.45, 2.75) is 61.2 Å². The van der Waals surface area contributed by atoms with Crippen LogP contribution in [0.5, 0.6) is 28.7 Å². The molecule has 18 heteroatoms. The summed E-state index contributed by atoms with van der Waals surface area (Å²) in [6.07, 6.45) is -16.1. The summed E-state index contributed by atoms with van der Waals surface area (Å²) in [6, 6.07) is 11.3. The maximum Gasteiger partial charge on any atom is 0.330 e. The van der Waals surface area contributed by atoms with Crippen LogP contribution in [0, 0.1) is 0 Å². The summed E-state index contributed by atoms with van der Waals surface area (Å²) in [7, 11) is 0. The lowest BCUT2D eigenvalue weighted by atomic mass is 9.89. The summed E-state index contributed by atoms with van der Waals surface area (Å²) in [5.41, 5.74) is -1.10. The van der Waals surface area contributed by atoms with Crippen molar-refractivity contribution < 1.29 is 84.3 Å². The predicted molar refractivity (Wildman–Crippen MR) is 181 cm³/mol. The zero-order valence-corrected chi connectivity index (χ0v) is 27.8. The lowest BCUT2D eigenvalue weighted by Crippen LogP contribution is -2.63. The number of phenols is 5. The number of esters is 1. The van der Waals surface area contributed by atoms with E-state index < -0.39 is 120 Å². The van der Waals surface area contributed by atoms with Gasteiger partial charge in [-0.3, -0.25) is 4.79 Å². The van der Waals surface area contributed by atoms with E-state index in [-0.39, 0.29) is 22.7 Å². The highest BCUT2D eigenvalue weighted by atomic mass is 16.7. The van der Waals surface area contributed by atoms with Gasteiger partial charge in [0.15, 0.2) is 23.2 Å². The van der Waals surface area contributed by atoms with E-state index in [4.69, 9.17) is 23.4 Å². The Hall–Kier alpha value is -5.28. The van der Waals surface area contributed by atoms with Crippen LogP contribution in [0.15, 0.2) is 69.9 Å². The average molecular weight is 757 g/mol. The Morgan fingerprint density at radius 2 is 1.46 bits per heavy atom. The SMILES string of the molecule is O=C(C=Cc1ccc(O)cc1)OC[C@H]1O[C@@H](O[C@@H]2[C@@H](O)[C@H](O)[C@@H](CO)O[C@H]2c2c(O)cc3oc(-c4ccc(O)c(O)c4)cc(=O)c3c2O)[C@H](O)[C@@H](O)[C@@H]1O. The summed E-state index contributed by atoms with van der Waals surface area (Å²) >= 11 is 0. The Kier molecular flexibility index (Phi) is 11.1. The van der Waals surface area contributed by atoms with Crippen LogP contribution in [0.3, 0.4) is 0 Å². The number of aliphatic hydroxyl groups excluding tert-OH is 6. The highest BCUT2D eigenvalue weighted by molar-refractivity contribution is 5.88. The topological polar surface area (TPSA) is 307 Å². The molecule has 2 aliphatic heterocycles. The Morgan fingerprint density at radius 3 is 2.15 bits per heavy atom. The Morgan fingerprint density at radius 1 is 0.759 bits per heavy atom. The van der Waals surface area contributed by atoms with Crippen LogP contribution in [-0.4, -0.2) is 130 Å². The largest absolute Gasteiger partial charge is 0.508 e. The molecule has 0 spiro atoms. The molecule has 3 aromatic carbocycles. The van der Waals surface area contributed by atoms with E-state index in [1.165, 1.54) is 36.4 Å². The highest BCUT2D eigenvalue weighted by Crippen LogP contribution is 2.46. The van der Waals surface area contributed by atoms with E-state index in [2.05, 4.69) is 0 Å². The van der Waals surface area contributed by atoms with Crippen LogP contribution < -0.4 is 5.43 Å². The monoisotopic (exact) mass is 756 g/mol. The van der Waals surface area contributed by atoms with E-state index >= 15 is 0 Å². The number of benzene rings is 3. The summed E-state index contributed by atoms with van der Waals surface area (Å²) in [6.45, 7) is -1.57. The Labute approximate surface area is 303 Å². The van der Waals surface area contributed by atoms with Gasteiger partial charge >= 0.3 is 5.97 Å². The smallest absolute Gasteiger partial charge is 0.330 e. The number of phenolic OH excluding ortho intramolecular Hbond substituents is 5. The third-order valence-corrected chi connectivity index (χ3v) is 9.08. The number of rotatable bonds is 9. The van der Waals surface area contributed by atoms with Crippen LogP contribution in [0.1, 0.15) is 17.2 Å². The van der Waals surface area contributed by atoms with Crippen molar-refractivity contribution in [3.05, 3.63) is 82.0 Å². The van der Waals surface area contributed by atoms with E-state index in [9.17, 15) is 65.8 Å². The van der Waals surface area contributed by atoms with Crippen molar-refractivity contribution in [2.75, 3.05) is 13.2 Å². The van der Waals surface area contributed by atoms with Gasteiger partial charge in [0.1, 0.15) is 95.5 Å². The highest BCUT2D eigenvalue weighted by Gasteiger charge is 2.52. The summed E-state index contributed by atoms with van der Waals surface area (Å²) in [4.78, 5) is 25.7. The summed E-state index contributed by atoms with van der Waals surface area (Å²) in [5.74, 6) is -3.68. The van der Waals surface area contributed by atoms with Crippen molar-refractivity contribution in [3.63, 3.8) is 0 Å². The van der Waals surface area contributed by atoms with E-state index in [1.807, 2.05) is 0 Å². The molecular weight excluding hydrogens is 720 g/mol. The molecular formula is C36H36O18. The zero-order chi connectivity index (χ0) is 39.0. The van der Waals surface area contributed by atoms with Crippen LogP contribution in [0.25, 0.3) is 28.4 Å². The number of aliphatic hydroxyl groups is 6. The van der Waals surface area contributed by atoms with Crippen LogP contribution in [0.4, 0.5) is 0 Å². The van der Waals surface area contributed by atoms with Gasteiger partial charge in [-0.25, -0.2) is 4.79 Å². The van der Waals surface area contributed by atoms with Crippen LogP contribution in [0.2, 0.25) is 0 Å². The molecule has 2 saturated heterocycles. The fourth-order valence-corrected chi connectivity index (χ4v) is 6.16. The molecule has 3 heterocycles. The number of aromatic hydroxyl groups is 5. The molecule has 11 N–H and O–H groups in total. The number of ether oxygens (including phenoxy) is 4. The molecule has 0 unspecified atom stereocenters. The van der Waals surface area contributed by atoms with Crippen molar-refractivity contribution in [2.24, 2.45) is 0 Å². The molecule has 4 aromatic rings. The third-order valence-electron chi connectivity index (χ3n) is 9.08. The maximum absolute atomic E-state index is 13.3. The van der Waals surface area contributed by atoms with Gasteiger partial charge in [0.05, 0.1) is 12.2 Å². The first-order valence-electron chi connectivity index (χ1n) is 16.3. The Bertz CT molecular complexity index is 2080. The van der Waals surface area contributed by atoms with E-state index in [0.717, 1.165) is 30.3 Å². The molecule has 0 radical (unpaired) electrons. The van der Waals surface area contributed by atoms with Crippen molar-refractivity contribution >= 4 is 23.0 Å². The minimum absolute atomic E-state index is 0.0138. The Balaban J connectivity index is 1.28. The first-order chi connectivity index (χ1) is 25.7. The number of hydrogen-bond donors (Lipinski definition) is 11. The standard InChI is InChI=1S/C36H36O18/c37-12-23-28(44)32(48)35(54-36-33(49)31(47)29(45)24(53-36)13-50-25(43)8-3-14-1-5-16(38)6-2-14)34(52-23)27-20(42)11-22-26(30(27)46)19(41)10-21(51-22)15-4-7-17(39)18(40)9-15/h1-11,23-24,28-29,31-40,42,44-49H,12-13H2/t23-,24-,28-,29-,31+,32+,33-,34+,35-,36+/m1/s1. The number of carbonyl (C=O) groups excluding carboxylic acids is 1. The molecule has 6 rings (SSSR count). The second kappa shape index (κ2) is 15.6. The molecule has 1 aromatic heterocycles. The molecule has 0 amide bonds. The maximum atomic E-state index is 13.3. The second-order valence-electron chi connectivity index (χ2n) is 12.6. The lowest BCUT2D eigenvalue weighted by Gasteiger charge is -2.46. The first-order valence-corrected chi connectivity index (χ1v) is 16.3. The minimum atomic E-state index is -2.04. The molecule has 0 aliphatic carbocycles.